The molecule has 2 heterocycles. The second kappa shape index (κ2) is 8.88. The average molecular weight is 371 g/mol. The summed E-state index contributed by atoms with van der Waals surface area (Å²) in [5.74, 6) is 1.85. The Hall–Kier alpha value is -2.57. The Balaban J connectivity index is 1.53. The number of hydrogen-bond donors (Lipinski definition) is 1. The molecule has 1 aliphatic heterocycles. The summed E-state index contributed by atoms with van der Waals surface area (Å²) in [5.41, 5.74) is 2.18. The van der Waals surface area contributed by atoms with Crippen molar-refractivity contribution in [2.45, 2.75) is 33.2 Å². The number of benzene rings is 1. The van der Waals surface area contributed by atoms with Crippen molar-refractivity contribution >= 4 is 23.0 Å². The molecule has 0 unspecified atom stereocenters. The number of para-hydroxylation sites is 2. The summed E-state index contributed by atoms with van der Waals surface area (Å²) >= 11 is 0. The van der Waals surface area contributed by atoms with Gasteiger partial charge in [0, 0.05) is 33.2 Å². The SMILES string of the molecule is CCOC(=O)C1CCN(C(=NC)NCCn2c(C)nc3ccccc32)CC1. The molecule has 1 saturated heterocycles. The maximum absolute atomic E-state index is 11.9. The van der Waals surface area contributed by atoms with Crippen LogP contribution in [0.4, 0.5) is 0 Å². The number of carbonyl (C=O) groups is 1. The van der Waals surface area contributed by atoms with Gasteiger partial charge in [0.25, 0.3) is 0 Å². The zero-order chi connectivity index (χ0) is 19.2. The van der Waals surface area contributed by atoms with E-state index in [-0.39, 0.29) is 11.9 Å². The maximum atomic E-state index is 11.9. The van der Waals surface area contributed by atoms with E-state index < -0.39 is 0 Å². The van der Waals surface area contributed by atoms with Crippen LogP contribution in [0.1, 0.15) is 25.6 Å². The number of imidazole rings is 1. The van der Waals surface area contributed by atoms with Crippen molar-refractivity contribution in [1.29, 1.82) is 0 Å². The standard InChI is InChI=1S/C20H29N5O2/c1-4-27-19(26)16-9-12-24(13-10-16)20(21-3)22-11-14-25-15(2)23-17-7-5-6-8-18(17)25/h5-8,16H,4,9-14H2,1-3H3,(H,21,22). The molecule has 3 rings (SSSR count). The summed E-state index contributed by atoms with van der Waals surface area (Å²) in [6, 6.07) is 8.20. The quantitative estimate of drug-likeness (QED) is 0.496. The molecule has 1 fully saturated rings. The zero-order valence-electron chi connectivity index (χ0n) is 16.4. The number of aromatic nitrogens is 2. The van der Waals surface area contributed by atoms with Gasteiger partial charge >= 0.3 is 5.97 Å². The molecule has 0 atom stereocenters. The Morgan fingerprint density at radius 2 is 2.07 bits per heavy atom. The van der Waals surface area contributed by atoms with Crippen molar-refractivity contribution in [2.24, 2.45) is 10.9 Å². The molecule has 0 radical (unpaired) electrons. The van der Waals surface area contributed by atoms with Crippen molar-refractivity contribution in [1.82, 2.24) is 19.8 Å². The van der Waals surface area contributed by atoms with Crippen molar-refractivity contribution in [3.05, 3.63) is 30.1 Å². The molecule has 146 valence electrons. The topological polar surface area (TPSA) is 71.8 Å². The number of hydrogen-bond acceptors (Lipinski definition) is 4. The maximum Gasteiger partial charge on any atom is 0.309 e. The van der Waals surface area contributed by atoms with Crippen LogP contribution in [0.5, 0.6) is 0 Å². The molecular weight excluding hydrogens is 342 g/mol. The second-order valence-electron chi connectivity index (χ2n) is 6.79. The van der Waals surface area contributed by atoms with Crippen molar-refractivity contribution in [3.8, 4) is 0 Å². The molecule has 0 bridgehead atoms. The summed E-state index contributed by atoms with van der Waals surface area (Å²) in [6.07, 6.45) is 1.62. The number of aliphatic imine (C=N–C) groups is 1. The number of nitrogens with one attached hydrogen (secondary N) is 1. The number of esters is 1. The van der Waals surface area contributed by atoms with Gasteiger partial charge in [0.15, 0.2) is 5.96 Å². The molecule has 0 saturated carbocycles. The van der Waals surface area contributed by atoms with Crippen LogP contribution in [-0.2, 0) is 16.1 Å². The molecule has 0 amide bonds. The van der Waals surface area contributed by atoms with Crippen LogP contribution in [0, 0.1) is 12.8 Å². The van der Waals surface area contributed by atoms with Crippen LogP contribution in [-0.4, -0.2) is 59.7 Å². The molecule has 27 heavy (non-hydrogen) atoms. The van der Waals surface area contributed by atoms with Crippen molar-refractivity contribution in [3.63, 3.8) is 0 Å². The summed E-state index contributed by atoms with van der Waals surface area (Å²) < 4.78 is 7.37. The number of aryl methyl sites for hydroxylation is 1. The van der Waals surface area contributed by atoms with Crippen LogP contribution in [0.2, 0.25) is 0 Å². The predicted octanol–water partition coefficient (Wildman–Crippen LogP) is 2.20. The van der Waals surface area contributed by atoms with E-state index in [1.165, 1.54) is 0 Å². The van der Waals surface area contributed by atoms with Crippen LogP contribution in [0.15, 0.2) is 29.3 Å². The van der Waals surface area contributed by atoms with E-state index in [9.17, 15) is 4.79 Å². The van der Waals surface area contributed by atoms with Gasteiger partial charge in [-0.05, 0) is 38.8 Å². The molecular formula is C20H29N5O2. The lowest BCUT2D eigenvalue weighted by Crippen LogP contribution is -2.47. The van der Waals surface area contributed by atoms with Crippen molar-refractivity contribution in [2.75, 3.05) is 33.3 Å². The lowest BCUT2D eigenvalue weighted by molar-refractivity contribution is -0.149. The van der Waals surface area contributed by atoms with Gasteiger partial charge < -0.3 is 19.5 Å². The highest BCUT2D eigenvalue weighted by Crippen LogP contribution is 2.19. The molecule has 0 aliphatic carbocycles. The van der Waals surface area contributed by atoms with Gasteiger partial charge in [0.1, 0.15) is 5.82 Å². The Bertz CT molecular complexity index is 806. The first-order valence-corrected chi connectivity index (χ1v) is 9.68. The number of piperidine rings is 1. The largest absolute Gasteiger partial charge is 0.466 e. The van der Waals surface area contributed by atoms with Gasteiger partial charge in [-0.15, -0.1) is 0 Å². The van der Waals surface area contributed by atoms with Crippen molar-refractivity contribution < 1.29 is 9.53 Å². The van der Waals surface area contributed by atoms with E-state index in [1.54, 1.807) is 7.05 Å². The first-order chi connectivity index (χ1) is 13.1. The highest BCUT2D eigenvalue weighted by atomic mass is 16.5. The van der Waals surface area contributed by atoms with Crippen LogP contribution in [0.25, 0.3) is 11.0 Å². The number of fused-ring (bicyclic) bond motifs is 1. The number of nitrogens with zero attached hydrogens (tertiary/aromatic N) is 4. The second-order valence-corrected chi connectivity index (χ2v) is 6.79. The first-order valence-electron chi connectivity index (χ1n) is 9.68. The molecule has 0 spiro atoms. The summed E-state index contributed by atoms with van der Waals surface area (Å²) in [7, 11) is 1.80. The first kappa shape index (κ1) is 19.2. The fourth-order valence-corrected chi connectivity index (χ4v) is 3.68. The molecule has 7 heteroatoms. The molecule has 1 aromatic heterocycles. The molecule has 7 nitrogen and oxygen atoms in total. The fourth-order valence-electron chi connectivity index (χ4n) is 3.68. The highest BCUT2D eigenvalue weighted by Gasteiger charge is 2.27. The Kier molecular flexibility index (Phi) is 6.32. The van der Waals surface area contributed by atoms with Gasteiger partial charge in [-0.1, -0.05) is 12.1 Å². The number of ether oxygens (including phenoxy) is 1. The minimum absolute atomic E-state index is 0.0132. The Labute approximate surface area is 160 Å². The van der Waals surface area contributed by atoms with E-state index in [0.717, 1.165) is 61.8 Å². The Morgan fingerprint density at radius 1 is 1.33 bits per heavy atom. The van der Waals surface area contributed by atoms with Crippen LogP contribution >= 0.6 is 0 Å². The minimum Gasteiger partial charge on any atom is -0.466 e. The predicted molar refractivity (Wildman–Crippen MR) is 107 cm³/mol. The molecule has 1 aliphatic rings. The van der Waals surface area contributed by atoms with Crippen LogP contribution < -0.4 is 5.32 Å². The zero-order valence-corrected chi connectivity index (χ0v) is 16.4. The summed E-state index contributed by atoms with van der Waals surface area (Å²) in [6.45, 7) is 7.56. The average Bonchev–Trinajstić information content (AvgIpc) is 3.01. The van der Waals surface area contributed by atoms with Gasteiger partial charge in [0.05, 0.1) is 23.6 Å². The number of rotatable bonds is 5. The van der Waals surface area contributed by atoms with Crippen LogP contribution in [0.3, 0.4) is 0 Å². The summed E-state index contributed by atoms with van der Waals surface area (Å²) in [4.78, 5) is 23.1. The lowest BCUT2D eigenvalue weighted by atomic mass is 9.97. The third kappa shape index (κ3) is 4.40. The highest BCUT2D eigenvalue weighted by molar-refractivity contribution is 5.80. The molecule has 1 N–H and O–H groups in total. The lowest BCUT2D eigenvalue weighted by Gasteiger charge is -2.33. The van der Waals surface area contributed by atoms with Gasteiger partial charge in [0.2, 0.25) is 0 Å². The smallest absolute Gasteiger partial charge is 0.309 e. The number of guanidine groups is 1. The number of carbonyl (C=O) groups excluding carboxylic acids is 1. The molecule has 2 aromatic rings. The van der Waals surface area contributed by atoms with E-state index in [2.05, 4.69) is 30.8 Å². The Morgan fingerprint density at radius 3 is 2.78 bits per heavy atom. The van der Waals surface area contributed by atoms with E-state index in [0.29, 0.717) is 6.61 Å². The number of likely N-dealkylation sites (tertiary alicyclic amines) is 1. The van der Waals surface area contributed by atoms with Gasteiger partial charge in [-0.2, -0.15) is 0 Å². The van der Waals surface area contributed by atoms with Gasteiger partial charge in [-0.25, -0.2) is 4.98 Å². The minimum atomic E-state index is -0.0671. The monoisotopic (exact) mass is 371 g/mol. The van der Waals surface area contributed by atoms with E-state index in [1.807, 2.05) is 32.0 Å². The third-order valence-corrected chi connectivity index (χ3v) is 5.09. The normalized spacial score (nSPS) is 16.0. The van der Waals surface area contributed by atoms with E-state index in [4.69, 9.17) is 4.74 Å². The van der Waals surface area contributed by atoms with E-state index >= 15 is 0 Å². The third-order valence-electron chi connectivity index (χ3n) is 5.09. The van der Waals surface area contributed by atoms with Gasteiger partial charge in [-0.3, -0.25) is 9.79 Å². The molecule has 1 aromatic carbocycles. The fraction of sp³-hybridized carbons (Fsp3) is 0.550. The summed E-state index contributed by atoms with van der Waals surface area (Å²) in [5, 5.41) is 3.45.